The molecule has 1 atom stereocenters. The van der Waals surface area contributed by atoms with Gasteiger partial charge in [-0.1, -0.05) is 26.0 Å². The second kappa shape index (κ2) is 7.63. The van der Waals surface area contributed by atoms with E-state index < -0.39 is 15.6 Å². The first kappa shape index (κ1) is 18.5. The normalized spacial score (nSPS) is 15.1. The summed E-state index contributed by atoms with van der Waals surface area (Å²) >= 11 is 1.48. The van der Waals surface area contributed by atoms with Crippen molar-refractivity contribution in [1.82, 2.24) is 4.72 Å². The summed E-state index contributed by atoms with van der Waals surface area (Å²) in [6.45, 7) is 5.88. The first-order valence-electron chi connectivity index (χ1n) is 6.96. The molecule has 0 aliphatic carbocycles. The Morgan fingerprint density at radius 2 is 1.86 bits per heavy atom. The number of hydrogen-bond acceptors (Lipinski definition) is 4. The van der Waals surface area contributed by atoms with Crippen LogP contribution >= 0.6 is 11.8 Å². The Morgan fingerprint density at radius 3 is 2.33 bits per heavy atom. The lowest BCUT2D eigenvalue weighted by molar-refractivity contribution is 0.0908. The van der Waals surface area contributed by atoms with Crippen LogP contribution in [0.25, 0.3) is 0 Å². The van der Waals surface area contributed by atoms with Gasteiger partial charge in [0.05, 0.1) is 10.5 Å². The summed E-state index contributed by atoms with van der Waals surface area (Å²) in [5, 5.41) is 10.0. The molecule has 1 rings (SSSR count). The predicted octanol–water partition coefficient (Wildman–Crippen LogP) is 2.28. The third kappa shape index (κ3) is 6.38. The van der Waals surface area contributed by atoms with E-state index in [9.17, 15) is 13.5 Å². The molecule has 0 bridgehead atoms. The monoisotopic (exact) mass is 331 g/mol. The molecule has 1 aromatic rings. The van der Waals surface area contributed by atoms with Gasteiger partial charge >= 0.3 is 0 Å². The molecule has 0 aromatic heterocycles. The van der Waals surface area contributed by atoms with Crippen LogP contribution in [-0.2, 0) is 16.4 Å². The highest BCUT2D eigenvalue weighted by molar-refractivity contribution is 7.98. The van der Waals surface area contributed by atoms with E-state index in [1.54, 1.807) is 19.1 Å². The third-order valence-electron chi connectivity index (χ3n) is 2.98. The molecular formula is C15H25NO3S2. The molecule has 120 valence electrons. The van der Waals surface area contributed by atoms with E-state index in [4.69, 9.17) is 0 Å². The van der Waals surface area contributed by atoms with Gasteiger partial charge in [0.15, 0.2) is 0 Å². The van der Waals surface area contributed by atoms with Gasteiger partial charge in [0.25, 0.3) is 0 Å². The van der Waals surface area contributed by atoms with E-state index in [-0.39, 0.29) is 11.4 Å². The van der Waals surface area contributed by atoms with E-state index in [1.165, 1.54) is 11.8 Å². The molecule has 0 aliphatic rings. The van der Waals surface area contributed by atoms with Crippen molar-refractivity contribution in [2.45, 2.75) is 37.7 Å². The molecule has 0 amide bonds. The summed E-state index contributed by atoms with van der Waals surface area (Å²) in [6.07, 6.45) is 2.80. The molecule has 0 aliphatic heterocycles. The van der Waals surface area contributed by atoms with Crippen LogP contribution < -0.4 is 4.72 Å². The van der Waals surface area contributed by atoms with Crippen LogP contribution in [0.15, 0.2) is 29.2 Å². The van der Waals surface area contributed by atoms with Crippen molar-refractivity contribution in [2.75, 3.05) is 18.6 Å². The molecule has 0 radical (unpaired) electrons. The molecule has 0 saturated heterocycles. The zero-order chi connectivity index (χ0) is 16.1. The van der Waals surface area contributed by atoms with E-state index in [0.717, 1.165) is 12.0 Å². The Hall–Kier alpha value is -0.560. The summed E-state index contributed by atoms with van der Waals surface area (Å²) in [7, 11) is -3.58. The van der Waals surface area contributed by atoms with Crippen LogP contribution in [-0.4, -0.2) is 37.7 Å². The number of thioether (sulfide) groups is 1. The van der Waals surface area contributed by atoms with Gasteiger partial charge in [-0.2, -0.15) is 11.8 Å². The van der Waals surface area contributed by atoms with E-state index in [0.29, 0.717) is 11.7 Å². The number of hydrogen-bond donors (Lipinski definition) is 2. The van der Waals surface area contributed by atoms with Crippen molar-refractivity contribution >= 4 is 21.8 Å². The smallest absolute Gasteiger partial charge is 0.240 e. The molecule has 1 aromatic carbocycles. The van der Waals surface area contributed by atoms with Gasteiger partial charge in [-0.3, -0.25) is 0 Å². The van der Waals surface area contributed by atoms with Crippen molar-refractivity contribution in [2.24, 2.45) is 5.92 Å². The van der Waals surface area contributed by atoms with Gasteiger partial charge in [-0.25, -0.2) is 13.1 Å². The Balaban J connectivity index is 2.74. The highest BCUT2D eigenvalue weighted by Gasteiger charge is 2.23. The highest BCUT2D eigenvalue weighted by atomic mass is 32.2. The number of nitrogens with one attached hydrogen (secondary N) is 1. The van der Waals surface area contributed by atoms with Crippen molar-refractivity contribution in [1.29, 1.82) is 0 Å². The summed E-state index contributed by atoms with van der Waals surface area (Å²) in [5.41, 5.74) is 0.0719. The maximum Gasteiger partial charge on any atom is 0.240 e. The fourth-order valence-electron chi connectivity index (χ4n) is 1.97. The highest BCUT2D eigenvalue weighted by Crippen LogP contribution is 2.15. The Labute approximate surface area is 132 Å². The SMILES string of the molecule is CSCC(C)(O)CNS(=O)(=O)c1ccc(CC(C)C)cc1. The minimum atomic E-state index is -3.58. The van der Waals surface area contributed by atoms with Gasteiger partial charge in [0, 0.05) is 12.3 Å². The Morgan fingerprint density at radius 1 is 1.29 bits per heavy atom. The van der Waals surface area contributed by atoms with Crippen LogP contribution in [0.5, 0.6) is 0 Å². The Bertz CT molecular complexity index is 537. The van der Waals surface area contributed by atoms with Crippen molar-refractivity contribution in [3.8, 4) is 0 Å². The lowest BCUT2D eigenvalue weighted by Gasteiger charge is -2.22. The largest absolute Gasteiger partial charge is 0.388 e. The predicted molar refractivity (Wildman–Crippen MR) is 89.2 cm³/mol. The van der Waals surface area contributed by atoms with Crippen molar-refractivity contribution in [3.63, 3.8) is 0 Å². The summed E-state index contributed by atoms with van der Waals surface area (Å²) in [6, 6.07) is 6.91. The minimum Gasteiger partial charge on any atom is -0.388 e. The molecule has 0 saturated carbocycles. The lowest BCUT2D eigenvalue weighted by atomic mass is 10.0. The fourth-order valence-corrected chi connectivity index (χ4v) is 3.86. The van der Waals surface area contributed by atoms with Crippen molar-refractivity contribution in [3.05, 3.63) is 29.8 Å². The number of rotatable bonds is 8. The molecule has 0 spiro atoms. The molecule has 0 fully saturated rings. The second-order valence-corrected chi connectivity index (χ2v) is 8.63. The average Bonchev–Trinajstić information content (AvgIpc) is 2.37. The number of aliphatic hydroxyl groups is 1. The number of benzene rings is 1. The maximum absolute atomic E-state index is 12.2. The van der Waals surface area contributed by atoms with Gasteiger partial charge < -0.3 is 5.11 Å². The first-order chi connectivity index (χ1) is 9.66. The molecular weight excluding hydrogens is 306 g/mol. The molecule has 0 heterocycles. The number of sulfonamides is 1. The van der Waals surface area contributed by atoms with Crippen LogP contribution in [0.4, 0.5) is 0 Å². The average molecular weight is 332 g/mol. The standard InChI is InChI=1S/C15H25NO3S2/c1-12(2)9-13-5-7-14(8-6-13)21(18,19)16-10-15(3,17)11-20-4/h5-8,12,16-17H,9-11H2,1-4H3. The van der Waals surface area contributed by atoms with Gasteiger partial charge in [-0.05, 0) is 43.2 Å². The zero-order valence-corrected chi connectivity index (χ0v) is 14.7. The topological polar surface area (TPSA) is 66.4 Å². The van der Waals surface area contributed by atoms with Gasteiger partial charge in [-0.15, -0.1) is 0 Å². The quantitative estimate of drug-likeness (QED) is 0.767. The second-order valence-electron chi connectivity index (χ2n) is 6.00. The van der Waals surface area contributed by atoms with Gasteiger partial charge in [0.2, 0.25) is 10.0 Å². The lowest BCUT2D eigenvalue weighted by Crippen LogP contribution is -2.42. The van der Waals surface area contributed by atoms with Crippen molar-refractivity contribution < 1.29 is 13.5 Å². The fraction of sp³-hybridized carbons (Fsp3) is 0.600. The van der Waals surface area contributed by atoms with E-state index >= 15 is 0 Å². The summed E-state index contributed by atoms with van der Waals surface area (Å²) < 4.78 is 26.8. The van der Waals surface area contributed by atoms with E-state index in [2.05, 4.69) is 18.6 Å². The molecule has 6 heteroatoms. The van der Waals surface area contributed by atoms with Gasteiger partial charge in [0.1, 0.15) is 0 Å². The molecule has 21 heavy (non-hydrogen) atoms. The first-order valence-corrected chi connectivity index (χ1v) is 9.84. The minimum absolute atomic E-state index is 0.00389. The van der Waals surface area contributed by atoms with Crippen LogP contribution in [0.3, 0.4) is 0 Å². The van der Waals surface area contributed by atoms with Crippen LogP contribution in [0.1, 0.15) is 26.3 Å². The zero-order valence-electron chi connectivity index (χ0n) is 13.1. The van der Waals surface area contributed by atoms with Crippen LogP contribution in [0.2, 0.25) is 0 Å². The molecule has 1 unspecified atom stereocenters. The molecule has 4 nitrogen and oxygen atoms in total. The van der Waals surface area contributed by atoms with E-state index in [1.807, 2.05) is 18.4 Å². The maximum atomic E-state index is 12.2. The third-order valence-corrected chi connectivity index (χ3v) is 5.30. The Kier molecular flexibility index (Phi) is 6.71. The summed E-state index contributed by atoms with van der Waals surface area (Å²) in [4.78, 5) is 0.231. The van der Waals surface area contributed by atoms with Crippen LogP contribution in [0, 0.1) is 5.92 Å². The summed E-state index contributed by atoms with van der Waals surface area (Å²) in [5.74, 6) is 1.01. The molecule has 2 N–H and O–H groups in total.